The van der Waals surface area contributed by atoms with Gasteiger partial charge in [-0.15, -0.1) is 0 Å². The molecule has 0 bridgehead atoms. The standard InChI is InChI=1S/C19H16N2O2/c22-18-9-7-17(8-10-18)19(23)11-6-16-12-20-21(14-16)13-15-4-2-1-3-5-15/h1-12,14,22H,13H2/b11-6+. The molecule has 0 amide bonds. The third-order valence-electron chi connectivity index (χ3n) is 3.42. The first-order valence-electron chi connectivity index (χ1n) is 7.28. The average molecular weight is 304 g/mol. The number of carbonyl (C=O) groups excluding carboxylic acids is 1. The molecular formula is C19H16N2O2. The maximum Gasteiger partial charge on any atom is 0.185 e. The van der Waals surface area contributed by atoms with Crippen molar-refractivity contribution in [3.63, 3.8) is 0 Å². The summed E-state index contributed by atoms with van der Waals surface area (Å²) in [6.07, 6.45) is 6.87. The van der Waals surface area contributed by atoms with Crippen LogP contribution in [0.3, 0.4) is 0 Å². The molecule has 4 heteroatoms. The van der Waals surface area contributed by atoms with Crippen molar-refractivity contribution in [3.8, 4) is 5.75 Å². The highest BCUT2D eigenvalue weighted by atomic mass is 16.3. The molecule has 0 unspecified atom stereocenters. The highest BCUT2D eigenvalue weighted by molar-refractivity contribution is 6.06. The predicted octanol–water partition coefficient (Wildman–Crippen LogP) is 3.53. The van der Waals surface area contributed by atoms with Crippen LogP contribution in [0, 0.1) is 0 Å². The highest BCUT2D eigenvalue weighted by Crippen LogP contribution is 2.11. The lowest BCUT2D eigenvalue weighted by molar-refractivity contribution is 0.104. The molecule has 0 aliphatic heterocycles. The van der Waals surface area contributed by atoms with E-state index in [9.17, 15) is 9.90 Å². The van der Waals surface area contributed by atoms with Gasteiger partial charge in [-0.05, 0) is 42.0 Å². The summed E-state index contributed by atoms with van der Waals surface area (Å²) in [4.78, 5) is 12.0. The van der Waals surface area contributed by atoms with Gasteiger partial charge in [0, 0.05) is 17.3 Å². The summed E-state index contributed by atoms with van der Waals surface area (Å²) in [6, 6.07) is 16.3. The van der Waals surface area contributed by atoms with Gasteiger partial charge in [0.15, 0.2) is 5.78 Å². The van der Waals surface area contributed by atoms with Gasteiger partial charge < -0.3 is 5.11 Å². The van der Waals surface area contributed by atoms with Crippen LogP contribution in [-0.4, -0.2) is 20.7 Å². The lowest BCUT2D eigenvalue weighted by atomic mass is 10.1. The van der Waals surface area contributed by atoms with Gasteiger partial charge in [-0.3, -0.25) is 9.48 Å². The minimum Gasteiger partial charge on any atom is -0.508 e. The molecule has 3 rings (SSSR count). The van der Waals surface area contributed by atoms with Crippen LogP contribution < -0.4 is 0 Å². The third-order valence-corrected chi connectivity index (χ3v) is 3.42. The second-order valence-corrected chi connectivity index (χ2v) is 5.20. The molecule has 4 nitrogen and oxygen atoms in total. The van der Waals surface area contributed by atoms with Crippen LogP contribution in [0.5, 0.6) is 5.75 Å². The van der Waals surface area contributed by atoms with Crippen LogP contribution in [-0.2, 0) is 6.54 Å². The zero-order valence-electron chi connectivity index (χ0n) is 12.5. The van der Waals surface area contributed by atoms with Gasteiger partial charge in [0.05, 0.1) is 12.7 Å². The quantitative estimate of drug-likeness (QED) is 0.579. The van der Waals surface area contributed by atoms with Crippen molar-refractivity contribution in [3.05, 3.63) is 89.8 Å². The summed E-state index contributed by atoms with van der Waals surface area (Å²) in [5.74, 6) is 0.0357. The van der Waals surface area contributed by atoms with E-state index in [1.807, 2.05) is 41.2 Å². The molecule has 1 aromatic heterocycles. The average Bonchev–Trinajstić information content (AvgIpc) is 3.02. The Balaban J connectivity index is 1.66. The Morgan fingerprint density at radius 2 is 1.83 bits per heavy atom. The second kappa shape index (κ2) is 6.75. The van der Waals surface area contributed by atoms with Crippen molar-refractivity contribution in [2.75, 3.05) is 0 Å². The van der Waals surface area contributed by atoms with Crippen molar-refractivity contribution >= 4 is 11.9 Å². The number of benzene rings is 2. The number of rotatable bonds is 5. The van der Waals surface area contributed by atoms with Gasteiger partial charge in [-0.1, -0.05) is 30.3 Å². The third kappa shape index (κ3) is 3.95. The molecule has 0 saturated carbocycles. The topological polar surface area (TPSA) is 55.1 Å². The van der Waals surface area contributed by atoms with Crippen molar-refractivity contribution in [1.29, 1.82) is 0 Å². The first-order chi connectivity index (χ1) is 11.2. The Labute approximate surface area is 134 Å². The van der Waals surface area contributed by atoms with Gasteiger partial charge in [-0.2, -0.15) is 5.10 Å². The number of hydrogen-bond acceptors (Lipinski definition) is 3. The molecule has 0 saturated heterocycles. The van der Waals surface area contributed by atoms with E-state index >= 15 is 0 Å². The fourth-order valence-corrected chi connectivity index (χ4v) is 2.22. The monoisotopic (exact) mass is 304 g/mol. The fourth-order valence-electron chi connectivity index (χ4n) is 2.22. The van der Waals surface area contributed by atoms with E-state index in [1.165, 1.54) is 23.8 Å². The summed E-state index contributed by atoms with van der Waals surface area (Å²) in [5, 5.41) is 13.5. The van der Waals surface area contributed by atoms with Crippen LogP contribution in [0.1, 0.15) is 21.5 Å². The number of aromatic hydroxyl groups is 1. The van der Waals surface area contributed by atoms with Gasteiger partial charge in [0.1, 0.15) is 5.75 Å². The van der Waals surface area contributed by atoms with Crippen LogP contribution >= 0.6 is 0 Å². The van der Waals surface area contributed by atoms with Crippen molar-refractivity contribution in [2.45, 2.75) is 6.54 Å². The zero-order valence-corrected chi connectivity index (χ0v) is 12.5. The molecular weight excluding hydrogens is 288 g/mol. The molecule has 1 heterocycles. The summed E-state index contributed by atoms with van der Waals surface area (Å²) in [5.41, 5.74) is 2.58. The van der Waals surface area contributed by atoms with Crippen LogP contribution in [0.25, 0.3) is 6.08 Å². The number of allylic oxidation sites excluding steroid dienone is 1. The highest BCUT2D eigenvalue weighted by Gasteiger charge is 2.02. The molecule has 2 aromatic carbocycles. The number of aromatic nitrogens is 2. The zero-order chi connectivity index (χ0) is 16.1. The Morgan fingerprint density at radius 3 is 2.57 bits per heavy atom. The normalized spacial score (nSPS) is 11.0. The van der Waals surface area contributed by atoms with Gasteiger partial charge in [0.25, 0.3) is 0 Å². The largest absolute Gasteiger partial charge is 0.508 e. The van der Waals surface area contributed by atoms with E-state index in [2.05, 4.69) is 5.10 Å². The Hall–Kier alpha value is -3.14. The van der Waals surface area contributed by atoms with Gasteiger partial charge in [0.2, 0.25) is 0 Å². The Morgan fingerprint density at radius 1 is 1.09 bits per heavy atom. The van der Waals surface area contributed by atoms with Crippen LogP contribution in [0.15, 0.2) is 73.1 Å². The SMILES string of the molecule is O=C(/C=C/c1cnn(Cc2ccccc2)c1)c1ccc(O)cc1. The molecule has 0 aliphatic rings. The number of hydrogen-bond donors (Lipinski definition) is 1. The molecule has 0 spiro atoms. The number of phenols is 1. The molecule has 0 atom stereocenters. The van der Waals surface area contributed by atoms with Crippen LogP contribution in [0.4, 0.5) is 0 Å². The Bertz CT molecular complexity index is 818. The fraction of sp³-hybridized carbons (Fsp3) is 0.0526. The van der Waals surface area contributed by atoms with E-state index in [1.54, 1.807) is 24.4 Å². The number of phenolic OH excluding ortho intramolecular Hbond substituents is 1. The summed E-state index contributed by atoms with van der Waals surface area (Å²) in [6.45, 7) is 0.695. The second-order valence-electron chi connectivity index (χ2n) is 5.20. The number of ketones is 1. The minimum absolute atomic E-state index is 0.110. The van der Waals surface area contributed by atoms with Gasteiger partial charge in [-0.25, -0.2) is 0 Å². The molecule has 1 N–H and O–H groups in total. The van der Waals surface area contributed by atoms with E-state index in [0.717, 1.165) is 5.56 Å². The maximum absolute atomic E-state index is 12.0. The summed E-state index contributed by atoms with van der Waals surface area (Å²) < 4.78 is 1.83. The number of nitrogens with zero attached hydrogens (tertiary/aromatic N) is 2. The Kier molecular flexibility index (Phi) is 4.34. The molecule has 114 valence electrons. The molecule has 3 aromatic rings. The summed E-state index contributed by atoms with van der Waals surface area (Å²) >= 11 is 0. The van der Waals surface area contributed by atoms with E-state index < -0.39 is 0 Å². The molecule has 0 fully saturated rings. The minimum atomic E-state index is -0.110. The van der Waals surface area contributed by atoms with Crippen LogP contribution in [0.2, 0.25) is 0 Å². The summed E-state index contributed by atoms with van der Waals surface area (Å²) in [7, 11) is 0. The van der Waals surface area contributed by atoms with Crippen molar-refractivity contribution in [1.82, 2.24) is 9.78 Å². The van der Waals surface area contributed by atoms with E-state index in [-0.39, 0.29) is 11.5 Å². The predicted molar refractivity (Wildman–Crippen MR) is 89.2 cm³/mol. The molecule has 23 heavy (non-hydrogen) atoms. The van der Waals surface area contributed by atoms with Gasteiger partial charge >= 0.3 is 0 Å². The number of carbonyl (C=O) groups is 1. The molecule has 0 radical (unpaired) electrons. The lowest BCUT2D eigenvalue weighted by Gasteiger charge is -2.00. The van der Waals surface area contributed by atoms with Crippen molar-refractivity contribution < 1.29 is 9.90 Å². The first kappa shape index (κ1) is 14.8. The first-order valence-corrected chi connectivity index (χ1v) is 7.28. The van der Waals surface area contributed by atoms with E-state index in [4.69, 9.17) is 0 Å². The smallest absolute Gasteiger partial charge is 0.185 e. The lowest BCUT2D eigenvalue weighted by Crippen LogP contribution is -1.99. The maximum atomic E-state index is 12.0. The van der Waals surface area contributed by atoms with Crippen molar-refractivity contribution in [2.24, 2.45) is 0 Å². The molecule has 0 aliphatic carbocycles. The van der Waals surface area contributed by atoms with E-state index in [0.29, 0.717) is 12.1 Å².